The molecule has 0 aliphatic heterocycles. The number of nitrogens with two attached hydrogens (primary N) is 2. The fraction of sp³-hybridized carbons (Fsp3) is 0.533. The van der Waals surface area contributed by atoms with E-state index in [1.165, 1.54) is 5.01 Å². The van der Waals surface area contributed by atoms with Crippen LogP contribution in [0.15, 0.2) is 11.4 Å². The van der Waals surface area contributed by atoms with Gasteiger partial charge in [0.1, 0.15) is 5.82 Å². The van der Waals surface area contributed by atoms with Crippen molar-refractivity contribution in [2.75, 3.05) is 11.1 Å². The molecule has 22 heavy (non-hydrogen) atoms. The summed E-state index contributed by atoms with van der Waals surface area (Å²) in [6.45, 7) is 2.82. The van der Waals surface area contributed by atoms with Crippen LogP contribution in [-0.4, -0.2) is 21.0 Å². The molecule has 1 saturated carbocycles. The summed E-state index contributed by atoms with van der Waals surface area (Å²) in [5.41, 5.74) is 13.7. The van der Waals surface area contributed by atoms with E-state index in [2.05, 4.69) is 32.6 Å². The number of nitrogens with one attached hydrogen (secondary N) is 1. The van der Waals surface area contributed by atoms with E-state index >= 15 is 0 Å². The molecule has 7 heteroatoms. The number of rotatable bonds is 6. The van der Waals surface area contributed by atoms with E-state index in [-0.39, 0.29) is 0 Å². The van der Waals surface area contributed by atoms with E-state index in [0.717, 1.165) is 42.9 Å². The number of hydrogen-bond acceptors (Lipinski definition) is 7. The van der Waals surface area contributed by atoms with Gasteiger partial charge in [0.2, 0.25) is 5.95 Å². The van der Waals surface area contributed by atoms with E-state index in [9.17, 15) is 0 Å². The van der Waals surface area contributed by atoms with Crippen molar-refractivity contribution in [1.82, 2.24) is 15.0 Å². The van der Waals surface area contributed by atoms with Gasteiger partial charge in [0.25, 0.3) is 0 Å². The van der Waals surface area contributed by atoms with E-state index in [4.69, 9.17) is 11.5 Å². The van der Waals surface area contributed by atoms with Gasteiger partial charge in [-0.05, 0) is 25.7 Å². The zero-order valence-electron chi connectivity index (χ0n) is 12.7. The summed E-state index contributed by atoms with van der Waals surface area (Å²) in [4.78, 5) is 13.2. The molecule has 0 aromatic carbocycles. The molecule has 2 aromatic rings. The Bertz CT molecular complexity index is 635. The van der Waals surface area contributed by atoms with Crippen LogP contribution in [0.25, 0.3) is 0 Å². The van der Waals surface area contributed by atoms with Crippen LogP contribution < -0.4 is 16.8 Å². The van der Waals surface area contributed by atoms with Crippen LogP contribution in [0.2, 0.25) is 0 Å². The predicted octanol–water partition coefficient (Wildman–Crippen LogP) is 2.28. The van der Waals surface area contributed by atoms with Gasteiger partial charge >= 0.3 is 0 Å². The summed E-state index contributed by atoms with van der Waals surface area (Å²) < 4.78 is 0. The molecular weight excluding hydrogens is 296 g/mol. The summed E-state index contributed by atoms with van der Waals surface area (Å²) in [6, 6.07) is 2.27. The second-order valence-corrected chi connectivity index (χ2v) is 6.74. The number of hydrogen-bond donors (Lipinski definition) is 3. The van der Waals surface area contributed by atoms with Crippen LogP contribution in [-0.2, 0) is 13.0 Å². The molecule has 1 aliphatic carbocycles. The first kappa shape index (κ1) is 15.2. The minimum absolute atomic E-state index is 0.296. The van der Waals surface area contributed by atoms with Gasteiger partial charge in [-0.1, -0.05) is 6.92 Å². The lowest BCUT2D eigenvalue weighted by molar-refractivity contribution is 0.345. The molecule has 2 aromatic heterocycles. The summed E-state index contributed by atoms with van der Waals surface area (Å²) in [5.74, 6) is 1.48. The molecule has 1 fully saturated rings. The number of aromatic nitrogens is 3. The Kier molecular flexibility index (Phi) is 4.54. The molecule has 5 N–H and O–H groups in total. The molecule has 0 bridgehead atoms. The van der Waals surface area contributed by atoms with Crippen LogP contribution >= 0.6 is 11.3 Å². The molecule has 0 saturated heterocycles. The van der Waals surface area contributed by atoms with Gasteiger partial charge in [-0.2, -0.15) is 4.98 Å². The Morgan fingerprint density at radius 2 is 2.14 bits per heavy atom. The molecule has 6 nitrogen and oxygen atoms in total. The van der Waals surface area contributed by atoms with Crippen LogP contribution in [0.3, 0.4) is 0 Å². The maximum atomic E-state index is 5.85. The summed E-state index contributed by atoms with van der Waals surface area (Å²) in [6.07, 6.45) is 4.11. The highest BCUT2D eigenvalue weighted by Gasteiger charge is 2.29. The monoisotopic (exact) mass is 318 g/mol. The quantitative estimate of drug-likeness (QED) is 0.755. The average Bonchev–Trinajstić information content (AvgIpc) is 2.89. The summed E-state index contributed by atoms with van der Waals surface area (Å²) in [5, 5.41) is 6.57. The summed E-state index contributed by atoms with van der Waals surface area (Å²) in [7, 11) is 0. The third kappa shape index (κ3) is 3.53. The Morgan fingerprint density at radius 1 is 1.32 bits per heavy atom. The van der Waals surface area contributed by atoms with Crippen molar-refractivity contribution < 1.29 is 0 Å². The molecular formula is C15H22N6S. The molecule has 3 rings (SSSR count). The average molecular weight is 318 g/mol. The number of aryl methyl sites for hydroxylation is 1. The van der Waals surface area contributed by atoms with Crippen molar-refractivity contribution >= 4 is 23.1 Å². The first-order chi connectivity index (χ1) is 10.6. The van der Waals surface area contributed by atoms with E-state index in [1.807, 2.05) is 6.07 Å². The van der Waals surface area contributed by atoms with Gasteiger partial charge in [0.05, 0.1) is 22.9 Å². The topological polar surface area (TPSA) is 103 Å². The number of nitrogen functional groups attached to an aromatic ring is 1. The van der Waals surface area contributed by atoms with Gasteiger partial charge in [0, 0.05) is 23.4 Å². The van der Waals surface area contributed by atoms with Crippen LogP contribution in [0, 0.1) is 0 Å². The SMILES string of the molecule is CCCc1nc(CNc2cc(C3CC(N)C3)nc(N)n2)cs1. The molecule has 2 heterocycles. The second-order valence-electron chi connectivity index (χ2n) is 5.80. The van der Waals surface area contributed by atoms with Crippen LogP contribution in [0.5, 0.6) is 0 Å². The van der Waals surface area contributed by atoms with Crippen molar-refractivity contribution in [3.8, 4) is 0 Å². The highest BCUT2D eigenvalue weighted by molar-refractivity contribution is 7.09. The zero-order valence-corrected chi connectivity index (χ0v) is 13.6. The first-order valence-corrected chi connectivity index (χ1v) is 8.59. The minimum Gasteiger partial charge on any atom is -0.368 e. The number of nitrogens with zero attached hydrogens (tertiary/aromatic N) is 3. The highest BCUT2D eigenvalue weighted by atomic mass is 32.1. The Labute approximate surface area is 134 Å². The molecule has 118 valence electrons. The predicted molar refractivity (Wildman–Crippen MR) is 89.8 cm³/mol. The van der Waals surface area contributed by atoms with Crippen molar-refractivity contribution in [1.29, 1.82) is 0 Å². The lowest BCUT2D eigenvalue weighted by Crippen LogP contribution is -2.35. The highest BCUT2D eigenvalue weighted by Crippen LogP contribution is 2.35. The standard InChI is InChI=1S/C15H22N6S/c1-2-3-14-19-11(8-22-14)7-18-13-6-12(20-15(17)21-13)9-4-10(16)5-9/h6,8-10H,2-5,7,16H2,1H3,(H3,17,18,20,21). The second kappa shape index (κ2) is 6.58. The van der Waals surface area contributed by atoms with Crippen LogP contribution in [0.1, 0.15) is 48.5 Å². The Balaban J connectivity index is 1.64. The van der Waals surface area contributed by atoms with Gasteiger partial charge < -0.3 is 16.8 Å². The van der Waals surface area contributed by atoms with Gasteiger partial charge in [-0.3, -0.25) is 0 Å². The number of thiazole rings is 1. The first-order valence-electron chi connectivity index (χ1n) is 7.71. The molecule has 0 radical (unpaired) electrons. The van der Waals surface area contributed by atoms with E-state index in [1.54, 1.807) is 11.3 Å². The normalized spacial score (nSPS) is 20.6. The van der Waals surface area contributed by atoms with Gasteiger partial charge in [-0.25, -0.2) is 9.97 Å². The molecule has 0 amide bonds. The molecule has 0 unspecified atom stereocenters. The smallest absolute Gasteiger partial charge is 0.222 e. The minimum atomic E-state index is 0.296. The van der Waals surface area contributed by atoms with E-state index < -0.39 is 0 Å². The Morgan fingerprint density at radius 3 is 2.86 bits per heavy atom. The van der Waals surface area contributed by atoms with Gasteiger partial charge in [0.15, 0.2) is 0 Å². The maximum Gasteiger partial charge on any atom is 0.222 e. The molecule has 1 aliphatic rings. The Hall–Kier alpha value is -1.73. The number of anilines is 2. The van der Waals surface area contributed by atoms with Crippen molar-refractivity contribution in [3.63, 3.8) is 0 Å². The lowest BCUT2D eigenvalue weighted by atomic mass is 9.78. The summed E-state index contributed by atoms with van der Waals surface area (Å²) >= 11 is 1.71. The third-order valence-corrected chi connectivity index (χ3v) is 4.83. The van der Waals surface area contributed by atoms with Gasteiger partial charge in [-0.15, -0.1) is 11.3 Å². The van der Waals surface area contributed by atoms with E-state index in [0.29, 0.717) is 24.5 Å². The van der Waals surface area contributed by atoms with Crippen molar-refractivity contribution in [2.24, 2.45) is 5.73 Å². The van der Waals surface area contributed by atoms with Crippen molar-refractivity contribution in [3.05, 3.63) is 27.8 Å². The zero-order chi connectivity index (χ0) is 15.5. The van der Waals surface area contributed by atoms with Crippen molar-refractivity contribution in [2.45, 2.75) is 51.1 Å². The maximum absolute atomic E-state index is 5.85. The lowest BCUT2D eigenvalue weighted by Gasteiger charge is -2.32. The third-order valence-electron chi connectivity index (χ3n) is 3.87. The fourth-order valence-corrected chi connectivity index (χ4v) is 3.53. The molecule has 0 atom stereocenters. The molecule has 0 spiro atoms. The largest absolute Gasteiger partial charge is 0.368 e. The fourth-order valence-electron chi connectivity index (χ4n) is 2.63. The van der Waals surface area contributed by atoms with Crippen LogP contribution in [0.4, 0.5) is 11.8 Å².